The smallest absolute Gasteiger partial charge is 0.264 e. The summed E-state index contributed by atoms with van der Waals surface area (Å²) in [4.78, 5) is 17.5. The average molecular weight is 371 g/mol. The average Bonchev–Trinajstić information content (AvgIpc) is 3.19. The van der Waals surface area contributed by atoms with Crippen LogP contribution < -0.4 is 5.32 Å². The molecule has 1 saturated heterocycles. The molecule has 0 bridgehead atoms. The zero-order chi connectivity index (χ0) is 18.8. The van der Waals surface area contributed by atoms with E-state index >= 15 is 0 Å². The van der Waals surface area contributed by atoms with Crippen LogP contribution in [-0.2, 0) is 11.3 Å². The number of amides is 1. The SMILES string of the molecule is C#CCn1cc(/C=C2/SC(=Nc3ccc(C)cc3)NC2=O)c2ccccc21. The number of carbonyl (C=O) groups is 1. The van der Waals surface area contributed by atoms with Gasteiger partial charge in [0.1, 0.15) is 0 Å². The molecule has 5 heteroatoms. The fraction of sp³-hybridized carbons (Fsp3) is 0.0909. The molecule has 1 amide bonds. The number of amidine groups is 1. The van der Waals surface area contributed by atoms with Gasteiger partial charge in [0, 0.05) is 22.7 Å². The van der Waals surface area contributed by atoms with Crippen LogP contribution in [0.5, 0.6) is 0 Å². The van der Waals surface area contributed by atoms with Crippen LogP contribution in [0.1, 0.15) is 11.1 Å². The van der Waals surface area contributed by atoms with Crippen LogP contribution in [0.25, 0.3) is 17.0 Å². The zero-order valence-electron chi connectivity index (χ0n) is 14.8. The van der Waals surface area contributed by atoms with E-state index in [1.807, 2.05) is 72.3 Å². The van der Waals surface area contributed by atoms with Crippen molar-refractivity contribution in [2.45, 2.75) is 13.5 Å². The number of benzene rings is 2. The highest BCUT2D eigenvalue weighted by molar-refractivity contribution is 8.18. The summed E-state index contributed by atoms with van der Waals surface area (Å²) in [5.41, 5.74) is 4.01. The van der Waals surface area contributed by atoms with E-state index in [9.17, 15) is 4.79 Å². The lowest BCUT2D eigenvalue weighted by Gasteiger charge is -1.97. The molecule has 0 unspecified atom stereocenters. The van der Waals surface area contributed by atoms with Gasteiger partial charge in [0.2, 0.25) is 0 Å². The van der Waals surface area contributed by atoms with E-state index in [-0.39, 0.29) is 5.91 Å². The maximum Gasteiger partial charge on any atom is 0.264 e. The van der Waals surface area contributed by atoms with Gasteiger partial charge in [-0.15, -0.1) is 6.42 Å². The molecule has 4 nitrogen and oxygen atoms in total. The summed E-state index contributed by atoms with van der Waals surface area (Å²) in [6.45, 7) is 2.52. The predicted molar refractivity (Wildman–Crippen MR) is 113 cm³/mol. The van der Waals surface area contributed by atoms with Crippen LogP contribution >= 0.6 is 11.8 Å². The van der Waals surface area contributed by atoms with Crippen molar-refractivity contribution in [2.75, 3.05) is 0 Å². The number of fused-ring (bicyclic) bond motifs is 1. The molecule has 0 saturated carbocycles. The molecule has 1 fully saturated rings. The van der Waals surface area contributed by atoms with Crippen LogP contribution in [0.3, 0.4) is 0 Å². The van der Waals surface area contributed by atoms with E-state index in [0.29, 0.717) is 16.6 Å². The molecule has 0 atom stereocenters. The Morgan fingerprint density at radius 1 is 1.22 bits per heavy atom. The summed E-state index contributed by atoms with van der Waals surface area (Å²) in [6, 6.07) is 15.9. The van der Waals surface area contributed by atoms with Crippen molar-refractivity contribution in [1.82, 2.24) is 9.88 Å². The molecule has 3 aromatic rings. The zero-order valence-corrected chi connectivity index (χ0v) is 15.6. The van der Waals surface area contributed by atoms with Gasteiger partial charge in [-0.1, -0.05) is 41.8 Å². The molecule has 1 N–H and O–H groups in total. The van der Waals surface area contributed by atoms with E-state index < -0.39 is 0 Å². The number of aromatic nitrogens is 1. The number of nitrogens with zero attached hydrogens (tertiary/aromatic N) is 2. The number of aryl methyl sites for hydroxylation is 1. The lowest BCUT2D eigenvalue weighted by atomic mass is 10.1. The van der Waals surface area contributed by atoms with E-state index in [1.54, 1.807) is 0 Å². The van der Waals surface area contributed by atoms with Gasteiger partial charge in [-0.05, 0) is 43.0 Å². The molecular formula is C22H17N3OS. The van der Waals surface area contributed by atoms with Gasteiger partial charge in [-0.3, -0.25) is 4.79 Å². The monoisotopic (exact) mass is 371 g/mol. The third kappa shape index (κ3) is 3.53. The number of hydrogen-bond acceptors (Lipinski definition) is 3. The largest absolute Gasteiger partial charge is 0.335 e. The number of terminal acetylenes is 1. The number of carbonyl (C=O) groups excluding carboxylic acids is 1. The van der Waals surface area contributed by atoms with Crippen LogP contribution in [0.2, 0.25) is 0 Å². The van der Waals surface area contributed by atoms with Gasteiger partial charge in [0.05, 0.1) is 17.1 Å². The maximum absolute atomic E-state index is 12.4. The Kier molecular flexibility index (Phi) is 4.57. The van der Waals surface area contributed by atoms with Crippen LogP contribution in [0.4, 0.5) is 5.69 Å². The number of aliphatic imine (C=N–C) groups is 1. The second-order valence-corrected chi connectivity index (χ2v) is 7.28. The van der Waals surface area contributed by atoms with E-state index in [4.69, 9.17) is 6.42 Å². The minimum absolute atomic E-state index is 0.139. The van der Waals surface area contributed by atoms with Crippen molar-refractivity contribution in [2.24, 2.45) is 4.99 Å². The summed E-state index contributed by atoms with van der Waals surface area (Å²) in [6.07, 6.45) is 9.36. The molecule has 1 aliphatic rings. The summed E-state index contributed by atoms with van der Waals surface area (Å²) < 4.78 is 2.01. The minimum atomic E-state index is -0.139. The normalized spacial score (nSPS) is 16.8. The number of para-hydroxylation sites is 1. The number of rotatable bonds is 3. The van der Waals surface area contributed by atoms with E-state index in [2.05, 4.69) is 16.2 Å². The first-order valence-electron chi connectivity index (χ1n) is 8.51. The Balaban J connectivity index is 1.67. The van der Waals surface area contributed by atoms with Gasteiger partial charge in [0.15, 0.2) is 5.17 Å². The third-order valence-corrected chi connectivity index (χ3v) is 5.19. The molecule has 1 aliphatic heterocycles. The van der Waals surface area contributed by atoms with Gasteiger partial charge in [-0.25, -0.2) is 4.99 Å². The van der Waals surface area contributed by atoms with Crippen molar-refractivity contribution in [1.29, 1.82) is 0 Å². The highest BCUT2D eigenvalue weighted by Gasteiger charge is 2.24. The van der Waals surface area contributed by atoms with Crippen LogP contribution in [-0.4, -0.2) is 15.6 Å². The fourth-order valence-electron chi connectivity index (χ4n) is 2.98. The second-order valence-electron chi connectivity index (χ2n) is 6.25. The number of nitrogens with one attached hydrogen (secondary N) is 1. The van der Waals surface area contributed by atoms with Crippen molar-refractivity contribution >= 4 is 45.5 Å². The minimum Gasteiger partial charge on any atom is -0.335 e. The first-order chi connectivity index (χ1) is 13.1. The summed E-state index contributed by atoms with van der Waals surface area (Å²) in [7, 11) is 0. The predicted octanol–water partition coefficient (Wildman–Crippen LogP) is 4.47. The standard InChI is InChI=1S/C22H17N3OS/c1-3-12-25-14-16(18-6-4-5-7-19(18)25)13-20-21(26)24-22(27-20)23-17-10-8-15(2)9-11-17/h1,4-11,13-14H,12H2,2H3,(H,23,24,26)/b20-13+. The molecule has 0 radical (unpaired) electrons. The van der Waals surface area contributed by atoms with Crippen molar-refractivity contribution in [3.8, 4) is 12.3 Å². The van der Waals surface area contributed by atoms with Gasteiger partial charge < -0.3 is 9.88 Å². The molecular weight excluding hydrogens is 354 g/mol. The highest BCUT2D eigenvalue weighted by Crippen LogP contribution is 2.31. The Bertz CT molecular complexity index is 1130. The van der Waals surface area contributed by atoms with Crippen LogP contribution in [0, 0.1) is 19.3 Å². The topological polar surface area (TPSA) is 46.4 Å². The van der Waals surface area contributed by atoms with Crippen LogP contribution in [0.15, 0.2) is 64.6 Å². The maximum atomic E-state index is 12.4. The quantitative estimate of drug-likeness (QED) is 0.545. The molecule has 132 valence electrons. The molecule has 0 spiro atoms. The molecule has 1 aromatic heterocycles. The third-order valence-electron chi connectivity index (χ3n) is 4.28. The van der Waals surface area contributed by atoms with E-state index in [0.717, 1.165) is 22.2 Å². The van der Waals surface area contributed by atoms with E-state index in [1.165, 1.54) is 17.3 Å². The highest BCUT2D eigenvalue weighted by atomic mass is 32.2. The molecule has 4 rings (SSSR count). The molecule has 2 heterocycles. The fourth-order valence-corrected chi connectivity index (χ4v) is 3.81. The summed E-state index contributed by atoms with van der Waals surface area (Å²) >= 11 is 1.34. The van der Waals surface area contributed by atoms with Crippen molar-refractivity contribution in [3.63, 3.8) is 0 Å². The second kappa shape index (κ2) is 7.18. The van der Waals surface area contributed by atoms with Gasteiger partial charge in [0.25, 0.3) is 5.91 Å². The van der Waals surface area contributed by atoms with Gasteiger partial charge >= 0.3 is 0 Å². The summed E-state index contributed by atoms with van der Waals surface area (Å²) in [5.74, 6) is 2.53. The first-order valence-corrected chi connectivity index (χ1v) is 9.33. The number of hydrogen-bond donors (Lipinski definition) is 1. The van der Waals surface area contributed by atoms with Crippen molar-refractivity contribution in [3.05, 3.63) is 70.8 Å². The van der Waals surface area contributed by atoms with Gasteiger partial charge in [-0.2, -0.15) is 0 Å². The molecule has 27 heavy (non-hydrogen) atoms. The Labute approximate surface area is 162 Å². The molecule has 2 aromatic carbocycles. The Morgan fingerprint density at radius 3 is 2.78 bits per heavy atom. The Morgan fingerprint density at radius 2 is 2.00 bits per heavy atom. The first kappa shape index (κ1) is 17.2. The lowest BCUT2D eigenvalue weighted by molar-refractivity contribution is -0.115. The summed E-state index contributed by atoms with van der Waals surface area (Å²) in [5, 5.41) is 4.49. The Hall–Kier alpha value is -3.23. The lowest BCUT2D eigenvalue weighted by Crippen LogP contribution is -2.19. The number of thioether (sulfide) groups is 1. The van der Waals surface area contributed by atoms with Crippen molar-refractivity contribution < 1.29 is 4.79 Å². The molecule has 0 aliphatic carbocycles.